The predicted molar refractivity (Wildman–Crippen MR) is 112 cm³/mol. The fourth-order valence-electron chi connectivity index (χ4n) is 3.09. The van der Waals surface area contributed by atoms with Crippen LogP contribution in [0.5, 0.6) is 11.5 Å². The van der Waals surface area contributed by atoms with Gasteiger partial charge in [0, 0.05) is 22.4 Å². The van der Waals surface area contributed by atoms with Crippen LogP contribution < -0.4 is 9.47 Å². The number of nitrogens with zero attached hydrogens (tertiary/aromatic N) is 1. The Balaban J connectivity index is 1.42. The van der Waals surface area contributed by atoms with Gasteiger partial charge in [0.1, 0.15) is 0 Å². The minimum absolute atomic E-state index is 0.149. The van der Waals surface area contributed by atoms with Crippen molar-refractivity contribution in [2.45, 2.75) is 43.3 Å². The van der Waals surface area contributed by atoms with Gasteiger partial charge in [-0.05, 0) is 34.7 Å². The van der Waals surface area contributed by atoms with Gasteiger partial charge in [0.05, 0.1) is 10.7 Å². The van der Waals surface area contributed by atoms with Crippen LogP contribution in [0, 0.1) is 0 Å². The highest BCUT2D eigenvalue weighted by molar-refractivity contribution is 7.98. The molecule has 0 fully saturated rings. The molecule has 27 heavy (non-hydrogen) atoms. The van der Waals surface area contributed by atoms with Crippen molar-refractivity contribution in [1.82, 2.24) is 4.98 Å². The van der Waals surface area contributed by atoms with E-state index in [2.05, 4.69) is 62.5 Å². The molecule has 0 unspecified atom stereocenters. The quantitative estimate of drug-likeness (QED) is 0.490. The van der Waals surface area contributed by atoms with Gasteiger partial charge in [-0.15, -0.1) is 23.1 Å². The van der Waals surface area contributed by atoms with Gasteiger partial charge in [-0.25, -0.2) is 4.98 Å². The van der Waals surface area contributed by atoms with E-state index in [0.29, 0.717) is 6.79 Å². The van der Waals surface area contributed by atoms with E-state index in [1.165, 1.54) is 16.0 Å². The summed E-state index contributed by atoms with van der Waals surface area (Å²) < 4.78 is 10.8. The zero-order valence-electron chi connectivity index (χ0n) is 15.8. The molecule has 5 heteroatoms. The van der Waals surface area contributed by atoms with E-state index in [1.807, 2.05) is 17.8 Å². The van der Waals surface area contributed by atoms with Crippen molar-refractivity contribution in [3.63, 3.8) is 0 Å². The van der Waals surface area contributed by atoms with Gasteiger partial charge in [0.25, 0.3) is 0 Å². The molecule has 0 radical (unpaired) electrons. The normalized spacial score (nSPS) is 13.1. The lowest BCUT2D eigenvalue weighted by molar-refractivity contribution is 0.174. The van der Waals surface area contributed by atoms with Crippen LogP contribution >= 0.6 is 23.1 Å². The largest absolute Gasteiger partial charge is 0.454 e. The lowest BCUT2D eigenvalue weighted by Gasteiger charge is -2.22. The number of fused-ring (bicyclic) bond motifs is 1. The molecule has 1 aliphatic heterocycles. The third-order valence-corrected chi connectivity index (χ3v) is 6.47. The average molecular weight is 398 g/mol. The van der Waals surface area contributed by atoms with Crippen molar-refractivity contribution < 1.29 is 9.47 Å². The van der Waals surface area contributed by atoms with Gasteiger partial charge in [-0.2, -0.15) is 0 Å². The van der Waals surface area contributed by atoms with E-state index in [4.69, 9.17) is 14.5 Å². The zero-order valence-corrected chi connectivity index (χ0v) is 17.5. The number of rotatable bonds is 5. The standard InChI is InChI=1S/C22H23NO2S2/c1-22(2,3)17-6-4-5-7-20(17)26-12-16-13-27-21(23-16)11-15-8-9-18-19(10-15)25-14-24-18/h4-10,13H,11-12,14H2,1-3H3. The van der Waals surface area contributed by atoms with Crippen molar-refractivity contribution >= 4 is 23.1 Å². The number of thiazole rings is 1. The number of ether oxygens (including phenoxy) is 2. The Morgan fingerprint density at radius 3 is 2.74 bits per heavy atom. The van der Waals surface area contributed by atoms with E-state index >= 15 is 0 Å². The van der Waals surface area contributed by atoms with Crippen LogP contribution in [0.4, 0.5) is 0 Å². The third kappa shape index (κ3) is 4.30. The second-order valence-electron chi connectivity index (χ2n) is 7.63. The lowest BCUT2D eigenvalue weighted by atomic mass is 9.87. The SMILES string of the molecule is CC(C)(C)c1ccccc1SCc1csc(Cc2ccc3c(c2)OCO3)n1. The molecule has 0 spiro atoms. The fourth-order valence-corrected chi connectivity index (χ4v) is 5.18. The van der Waals surface area contributed by atoms with Crippen molar-refractivity contribution in [3.8, 4) is 11.5 Å². The molecular weight excluding hydrogens is 374 g/mol. The Morgan fingerprint density at radius 1 is 1.07 bits per heavy atom. The van der Waals surface area contributed by atoms with Crippen LogP contribution in [0.15, 0.2) is 52.7 Å². The molecule has 0 saturated heterocycles. The summed E-state index contributed by atoms with van der Waals surface area (Å²) in [4.78, 5) is 6.17. The van der Waals surface area contributed by atoms with Gasteiger partial charge in [0.15, 0.2) is 11.5 Å². The summed E-state index contributed by atoms with van der Waals surface area (Å²) in [6, 6.07) is 14.8. The number of hydrogen-bond donors (Lipinski definition) is 0. The maximum Gasteiger partial charge on any atom is 0.231 e. The minimum Gasteiger partial charge on any atom is -0.454 e. The fraction of sp³-hybridized carbons (Fsp3) is 0.318. The van der Waals surface area contributed by atoms with E-state index in [1.54, 1.807) is 11.3 Å². The van der Waals surface area contributed by atoms with Crippen LogP contribution in [0.25, 0.3) is 0 Å². The summed E-state index contributed by atoms with van der Waals surface area (Å²) in [6.45, 7) is 7.10. The molecule has 3 nitrogen and oxygen atoms in total. The first kappa shape index (κ1) is 18.4. The molecule has 0 aliphatic carbocycles. The molecule has 0 N–H and O–H groups in total. The molecular formula is C22H23NO2S2. The van der Waals surface area contributed by atoms with E-state index in [9.17, 15) is 0 Å². The molecule has 4 rings (SSSR count). The van der Waals surface area contributed by atoms with E-state index in [-0.39, 0.29) is 5.41 Å². The summed E-state index contributed by atoms with van der Waals surface area (Å²) in [5, 5.41) is 3.31. The summed E-state index contributed by atoms with van der Waals surface area (Å²) in [5.74, 6) is 2.55. The molecule has 0 bridgehead atoms. The first-order valence-corrected chi connectivity index (χ1v) is 10.9. The number of thioether (sulfide) groups is 1. The van der Waals surface area contributed by atoms with Gasteiger partial charge < -0.3 is 9.47 Å². The Morgan fingerprint density at radius 2 is 1.89 bits per heavy atom. The van der Waals surface area contributed by atoms with Gasteiger partial charge in [-0.3, -0.25) is 0 Å². The maximum absolute atomic E-state index is 5.47. The zero-order chi connectivity index (χ0) is 18.9. The molecule has 3 aromatic rings. The maximum atomic E-state index is 5.47. The van der Waals surface area contributed by atoms with E-state index < -0.39 is 0 Å². The number of hydrogen-bond acceptors (Lipinski definition) is 5. The van der Waals surface area contributed by atoms with Crippen molar-refractivity contribution in [2.24, 2.45) is 0 Å². The highest BCUT2D eigenvalue weighted by Gasteiger charge is 2.18. The molecule has 140 valence electrons. The average Bonchev–Trinajstić information content (AvgIpc) is 3.28. The number of benzene rings is 2. The topological polar surface area (TPSA) is 31.4 Å². The summed E-state index contributed by atoms with van der Waals surface area (Å²) in [7, 11) is 0. The molecule has 2 heterocycles. The van der Waals surface area contributed by atoms with Crippen LogP contribution in [0.3, 0.4) is 0 Å². The molecule has 0 saturated carbocycles. The van der Waals surface area contributed by atoms with Gasteiger partial charge >= 0.3 is 0 Å². The number of aromatic nitrogens is 1. The van der Waals surface area contributed by atoms with Gasteiger partial charge in [-0.1, -0.05) is 45.0 Å². The Labute approximate surface area is 168 Å². The summed E-state index contributed by atoms with van der Waals surface area (Å²) in [5.41, 5.74) is 3.89. The smallest absolute Gasteiger partial charge is 0.231 e. The molecule has 1 aromatic heterocycles. The van der Waals surface area contributed by atoms with Crippen LogP contribution in [0.1, 0.15) is 42.6 Å². The van der Waals surface area contributed by atoms with Crippen LogP contribution in [-0.4, -0.2) is 11.8 Å². The van der Waals surface area contributed by atoms with Crippen molar-refractivity contribution in [1.29, 1.82) is 0 Å². The third-order valence-electron chi connectivity index (χ3n) is 4.46. The summed E-state index contributed by atoms with van der Waals surface area (Å²) >= 11 is 3.60. The van der Waals surface area contributed by atoms with Crippen LogP contribution in [-0.2, 0) is 17.6 Å². The minimum atomic E-state index is 0.149. The highest BCUT2D eigenvalue weighted by Crippen LogP contribution is 2.35. The molecule has 0 amide bonds. The second kappa shape index (κ2) is 7.56. The van der Waals surface area contributed by atoms with Crippen molar-refractivity contribution in [2.75, 3.05) is 6.79 Å². The second-order valence-corrected chi connectivity index (χ2v) is 9.59. The Hall–Kier alpha value is -1.98. The molecule has 2 aromatic carbocycles. The highest BCUT2D eigenvalue weighted by atomic mass is 32.2. The van der Waals surface area contributed by atoms with Gasteiger partial charge in [0.2, 0.25) is 6.79 Å². The molecule has 1 aliphatic rings. The monoisotopic (exact) mass is 397 g/mol. The summed E-state index contributed by atoms with van der Waals surface area (Å²) in [6.07, 6.45) is 0.824. The van der Waals surface area contributed by atoms with Crippen LogP contribution in [0.2, 0.25) is 0 Å². The lowest BCUT2D eigenvalue weighted by Crippen LogP contribution is -2.12. The first-order valence-electron chi connectivity index (χ1n) is 9.03. The Kier molecular flexibility index (Phi) is 5.15. The Bertz CT molecular complexity index is 943. The molecule has 0 atom stereocenters. The predicted octanol–water partition coefficient (Wildman–Crippen LogP) is 6.05. The van der Waals surface area contributed by atoms with Crippen molar-refractivity contribution in [3.05, 3.63) is 69.7 Å². The van der Waals surface area contributed by atoms with E-state index in [0.717, 1.165) is 34.4 Å². The first-order chi connectivity index (χ1) is 13.0.